The number of nitrogens with one attached hydrogen (secondary N) is 1. The van der Waals surface area contributed by atoms with Gasteiger partial charge in [0.15, 0.2) is 5.58 Å². The Morgan fingerprint density at radius 3 is 2.57 bits per heavy atom. The third kappa shape index (κ3) is 4.22. The van der Waals surface area contributed by atoms with E-state index in [9.17, 15) is 14.7 Å². The highest BCUT2D eigenvalue weighted by molar-refractivity contribution is 5.93. The van der Waals surface area contributed by atoms with E-state index in [2.05, 4.69) is 10.3 Å². The van der Waals surface area contributed by atoms with Gasteiger partial charge >= 0.3 is 12.1 Å². The number of hydrogen-bond donors (Lipinski definition) is 2. The fourth-order valence-electron chi connectivity index (χ4n) is 3.18. The van der Waals surface area contributed by atoms with Crippen molar-refractivity contribution in [2.45, 2.75) is 39.2 Å². The molecule has 0 atom stereocenters. The van der Waals surface area contributed by atoms with Crippen molar-refractivity contribution >= 4 is 34.8 Å². The second kappa shape index (κ2) is 7.37. The minimum Gasteiger partial charge on any atom is -0.465 e. The van der Waals surface area contributed by atoms with E-state index in [1.165, 1.54) is 4.90 Å². The lowest BCUT2D eigenvalue weighted by atomic mass is 10.1. The summed E-state index contributed by atoms with van der Waals surface area (Å²) < 4.78 is 11.5. The number of rotatable bonds is 5. The van der Waals surface area contributed by atoms with Gasteiger partial charge in [0.2, 0.25) is 5.91 Å². The first-order valence-corrected chi connectivity index (χ1v) is 9.73. The van der Waals surface area contributed by atoms with Crippen molar-refractivity contribution in [2.24, 2.45) is 5.92 Å². The second-order valence-corrected chi connectivity index (χ2v) is 8.30. The molecular weight excluding hydrogens is 386 g/mol. The monoisotopic (exact) mass is 409 g/mol. The molecule has 3 aromatic rings. The molecule has 0 radical (unpaired) electrons. The molecule has 0 spiro atoms. The summed E-state index contributed by atoms with van der Waals surface area (Å²) in [5, 5.41) is 12.3. The Morgan fingerprint density at radius 1 is 1.17 bits per heavy atom. The third-order valence-electron chi connectivity index (χ3n) is 4.71. The lowest BCUT2D eigenvalue weighted by Crippen LogP contribution is -2.45. The SMILES string of the molecule is CC(C)(C)N(C(=O)O)c1cccc(Oc2ccc3nc(NC(=O)C4CC4)oc3c2)c1. The van der Waals surface area contributed by atoms with Gasteiger partial charge in [-0.05, 0) is 57.9 Å². The molecule has 0 saturated heterocycles. The number of aromatic nitrogens is 1. The van der Waals surface area contributed by atoms with Gasteiger partial charge in [0.25, 0.3) is 0 Å². The van der Waals surface area contributed by atoms with Crippen molar-refractivity contribution in [2.75, 3.05) is 10.2 Å². The van der Waals surface area contributed by atoms with E-state index >= 15 is 0 Å². The van der Waals surface area contributed by atoms with Crippen LogP contribution in [0.5, 0.6) is 11.5 Å². The molecule has 1 saturated carbocycles. The number of benzene rings is 2. The van der Waals surface area contributed by atoms with E-state index in [1.54, 1.807) is 42.5 Å². The molecule has 8 nitrogen and oxygen atoms in total. The summed E-state index contributed by atoms with van der Waals surface area (Å²) in [7, 11) is 0. The predicted molar refractivity (Wildman–Crippen MR) is 112 cm³/mol. The van der Waals surface area contributed by atoms with E-state index < -0.39 is 11.6 Å². The number of ether oxygens (including phenoxy) is 1. The van der Waals surface area contributed by atoms with Gasteiger partial charge in [-0.25, -0.2) is 4.79 Å². The first-order chi connectivity index (χ1) is 14.2. The van der Waals surface area contributed by atoms with Crippen molar-refractivity contribution in [1.82, 2.24) is 4.98 Å². The van der Waals surface area contributed by atoms with Crippen molar-refractivity contribution in [3.8, 4) is 11.5 Å². The van der Waals surface area contributed by atoms with Crippen LogP contribution in [0.25, 0.3) is 11.1 Å². The van der Waals surface area contributed by atoms with Crippen LogP contribution in [0.1, 0.15) is 33.6 Å². The van der Waals surface area contributed by atoms with E-state index in [4.69, 9.17) is 9.15 Å². The van der Waals surface area contributed by atoms with Gasteiger partial charge in [0, 0.05) is 23.6 Å². The molecule has 0 bridgehead atoms. The molecule has 1 aliphatic rings. The molecule has 2 N–H and O–H groups in total. The van der Waals surface area contributed by atoms with Crippen molar-refractivity contribution in [3.63, 3.8) is 0 Å². The summed E-state index contributed by atoms with van der Waals surface area (Å²) in [6.07, 6.45) is 0.762. The number of carbonyl (C=O) groups is 2. The average Bonchev–Trinajstić information content (AvgIpc) is 3.42. The highest BCUT2D eigenvalue weighted by atomic mass is 16.5. The zero-order valence-corrected chi connectivity index (χ0v) is 17.0. The fourth-order valence-corrected chi connectivity index (χ4v) is 3.18. The summed E-state index contributed by atoms with van der Waals surface area (Å²) in [6, 6.07) is 12.2. The lowest BCUT2D eigenvalue weighted by molar-refractivity contribution is -0.117. The smallest absolute Gasteiger partial charge is 0.412 e. The molecular formula is C22H23N3O5. The molecule has 1 aromatic heterocycles. The Bertz CT molecular complexity index is 1110. The summed E-state index contributed by atoms with van der Waals surface area (Å²) in [5.41, 5.74) is 0.992. The summed E-state index contributed by atoms with van der Waals surface area (Å²) in [6.45, 7) is 5.48. The first kappa shape index (κ1) is 19.8. The summed E-state index contributed by atoms with van der Waals surface area (Å²) in [5.74, 6) is 0.985. The normalized spacial score (nSPS) is 13.8. The number of carboxylic acid groups (broad SMARTS) is 1. The Hall–Kier alpha value is -3.55. The van der Waals surface area contributed by atoms with Crippen LogP contribution in [0.2, 0.25) is 0 Å². The maximum atomic E-state index is 11.9. The minimum absolute atomic E-state index is 0.0599. The van der Waals surface area contributed by atoms with Crippen LogP contribution in [0, 0.1) is 5.92 Å². The van der Waals surface area contributed by atoms with Crippen LogP contribution >= 0.6 is 0 Å². The molecule has 4 rings (SSSR count). The third-order valence-corrected chi connectivity index (χ3v) is 4.71. The zero-order chi connectivity index (χ0) is 21.5. The van der Waals surface area contributed by atoms with E-state index in [0.29, 0.717) is 28.3 Å². The quantitative estimate of drug-likeness (QED) is 0.596. The van der Waals surface area contributed by atoms with Gasteiger partial charge in [-0.15, -0.1) is 0 Å². The number of amides is 2. The van der Waals surface area contributed by atoms with Gasteiger partial charge in [0.05, 0.1) is 5.69 Å². The highest BCUT2D eigenvalue weighted by Crippen LogP contribution is 2.33. The van der Waals surface area contributed by atoms with Crippen LogP contribution in [0.15, 0.2) is 46.9 Å². The molecule has 156 valence electrons. The number of oxazole rings is 1. The van der Waals surface area contributed by atoms with E-state index in [-0.39, 0.29) is 17.8 Å². The van der Waals surface area contributed by atoms with Crippen molar-refractivity contribution in [3.05, 3.63) is 42.5 Å². The van der Waals surface area contributed by atoms with Crippen LogP contribution in [0.3, 0.4) is 0 Å². The van der Waals surface area contributed by atoms with Crippen LogP contribution in [-0.4, -0.2) is 27.6 Å². The molecule has 0 aliphatic heterocycles. The van der Waals surface area contributed by atoms with Gasteiger partial charge in [-0.2, -0.15) is 4.98 Å². The fraction of sp³-hybridized carbons (Fsp3) is 0.318. The Balaban J connectivity index is 1.55. The number of hydrogen-bond acceptors (Lipinski definition) is 5. The number of nitrogens with zero attached hydrogens (tertiary/aromatic N) is 2. The Labute approximate surface area is 173 Å². The zero-order valence-electron chi connectivity index (χ0n) is 17.0. The standard InChI is InChI=1S/C22H23N3O5/c1-22(2,3)25(21(27)28)14-5-4-6-15(11-14)29-16-9-10-17-18(12-16)30-20(23-17)24-19(26)13-7-8-13/h4-6,9-13H,7-8H2,1-3H3,(H,27,28)(H,23,24,26). The molecule has 2 amide bonds. The van der Waals surface area contributed by atoms with E-state index in [1.807, 2.05) is 20.8 Å². The predicted octanol–water partition coefficient (Wildman–Crippen LogP) is 5.25. The molecule has 8 heteroatoms. The van der Waals surface area contributed by atoms with Crippen LogP contribution in [0.4, 0.5) is 16.5 Å². The first-order valence-electron chi connectivity index (χ1n) is 9.73. The van der Waals surface area contributed by atoms with Gasteiger partial charge in [-0.3, -0.25) is 15.0 Å². The maximum Gasteiger partial charge on any atom is 0.412 e. The number of fused-ring (bicyclic) bond motifs is 1. The van der Waals surface area contributed by atoms with Crippen molar-refractivity contribution < 1.29 is 23.8 Å². The summed E-state index contributed by atoms with van der Waals surface area (Å²) >= 11 is 0. The number of anilines is 2. The minimum atomic E-state index is -1.04. The maximum absolute atomic E-state index is 11.9. The topological polar surface area (TPSA) is 105 Å². The summed E-state index contributed by atoms with van der Waals surface area (Å²) in [4.78, 5) is 29.2. The largest absolute Gasteiger partial charge is 0.465 e. The van der Waals surface area contributed by atoms with Crippen LogP contribution < -0.4 is 15.0 Å². The molecule has 30 heavy (non-hydrogen) atoms. The van der Waals surface area contributed by atoms with E-state index in [0.717, 1.165) is 12.8 Å². The second-order valence-electron chi connectivity index (χ2n) is 8.30. The highest BCUT2D eigenvalue weighted by Gasteiger charge is 2.30. The molecule has 0 unspecified atom stereocenters. The lowest BCUT2D eigenvalue weighted by Gasteiger charge is -2.33. The molecule has 1 fully saturated rings. The molecule has 2 aromatic carbocycles. The molecule has 1 aliphatic carbocycles. The van der Waals surface area contributed by atoms with Gasteiger partial charge < -0.3 is 14.3 Å². The van der Waals surface area contributed by atoms with Gasteiger partial charge in [0.1, 0.15) is 17.0 Å². The Kier molecular flexibility index (Phi) is 4.85. The number of carbonyl (C=O) groups excluding carboxylic acids is 1. The molecule has 1 heterocycles. The van der Waals surface area contributed by atoms with Crippen LogP contribution in [-0.2, 0) is 4.79 Å². The Morgan fingerprint density at radius 2 is 1.90 bits per heavy atom. The average molecular weight is 409 g/mol. The van der Waals surface area contributed by atoms with Gasteiger partial charge in [-0.1, -0.05) is 6.07 Å². The van der Waals surface area contributed by atoms with Crippen molar-refractivity contribution in [1.29, 1.82) is 0 Å².